The van der Waals surface area contributed by atoms with Gasteiger partial charge in [0.15, 0.2) is 0 Å². The van der Waals surface area contributed by atoms with Gasteiger partial charge >= 0.3 is 6.03 Å². The van der Waals surface area contributed by atoms with Crippen molar-refractivity contribution in [2.45, 2.75) is 38.1 Å². The van der Waals surface area contributed by atoms with E-state index in [1.807, 2.05) is 12.1 Å². The summed E-state index contributed by atoms with van der Waals surface area (Å²) in [4.78, 5) is 25.5. The highest BCUT2D eigenvalue weighted by Crippen LogP contribution is 2.36. The SMILES string of the molecule is CC1CCC2(CC1)NC(=O)N(/N=C/c1ccc(Br)s1)C2=O. The molecule has 3 amide bonds. The number of hydrogen-bond acceptors (Lipinski definition) is 4. The van der Waals surface area contributed by atoms with E-state index in [4.69, 9.17) is 0 Å². The van der Waals surface area contributed by atoms with Crippen molar-refractivity contribution >= 4 is 45.4 Å². The number of hydrogen-bond donors (Lipinski definition) is 1. The molecule has 1 aliphatic heterocycles. The minimum absolute atomic E-state index is 0.216. The lowest BCUT2D eigenvalue weighted by atomic mass is 9.77. The molecule has 0 atom stereocenters. The van der Waals surface area contributed by atoms with Crippen LogP contribution in [-0.4, -0.2) is 28.7 Å². The molecule has 2 fully saturated rings. The van der Waals surface area contributed by atoms with Crippen molar-refractivity contribution in [3.8, 4) is 0 Å². The van der Waals surface area contributed by atoms with E-state index in [0.29, 0.717) is 18.8 Å². The monoisotopic (exact) mass is 369 g/mol. The molecular weight excluding hydrogens is 354 g/mol. The lowest BCUT2D eigenvalue weighted by Gasteiger charge is -2.33. The number of urea groups is 1. The average Bonchev–Trinajstić information content (AvgIpc) is 2.96. The van der Waals surface area contributed by atoms with Crippen molar-refractivity contribution in [2.75, 3.05) is 0 Å². The number of imide groups is 1. The Balaban J connectivity index is 1.76. The van der Waals surface area contributed by atoms with E-state index in [2.05, 4.69) is 33.3 Å². The highest BCUT2D eigenvalue weighted by atomic mass is 79.9. The van der Waals surface area contributed by atoms with Gasteiger partial charge in [0, 0.05) is 4.88 Å². The molecule has 5 nitrogen and oxygen atoms in total. The minimum atomic E-state index is -0.725. The van der Waals surface area contributed by atoms with E-state index in [0.717, 1.165) is 26.5 Å². The molecule has 2 aliphatic rings. The third-order valence-corrected chi connectivity index (χ3v) is 5.72. The van der Waals surface area contributed by atoms with Crippen LogP contribution in [0.5, 0.6) is 0 Å². The molecule has 0 bridgehead atoms. The van der Waals surface area contributed by atoms with Crippen LogP contribution in [0.15, 0.2) is 21.0 Å². The highest BCUT2D eigenvalue weighted by Gasteiger charge is 2.52. The number of halogens is 1. The van der Waals surface area contributed by atoms with Gasteiger partial charge in [-0.15, -0.1) is 16.3 Å². The first-order chi connectivity index (χ1) is 10.00. The van der Waals surface area contributed by atoms with E-state index in [-0.39, 0.29) is 5.91 Å². The summed E-state index contributed by atoms with van der Waals surface area (Å²) in [7, 11) is 0. The molecule has 0 aromatic carbocycles. The largest absolute Gasteiger partial charge is 0.346 e. The van der Waals surface area contributed by atoms with E-state index < -0.39 is 11.6 Å². The van der Waals surface area contributed by atoms with Crippen LogP contribution in [0.1, 0.15) is 37.5 Å². The van der Waals surface area contributed by atoms with Gasteiger partial charge in [0.25, 0.3) is 5.91 Å². The molecule has 1 spiro atoms. The molecule has 1 aromatic rings. The summed E-state index contributed by atoms with van der Waals surface area (Å²) in [6, 6.07) is 3.37. The summed E-state index contributed by atoms with van der Waals surface area (Å²) in [6.07, 6.45) is 4.88. The molecule has 0 unspecified atom stereocenters. The lowest BCUT2D eigenvalue weighted by molar-refractivity contribution is -0.132. The topological polar surface area (TPSA) is 61.8 Å². The van der Waals surface area contributed by atoms with Crippen molar-refractivity contribution in [3.63, 3.8) is 0 Å². The Bertz CT molecular complexity index is 605. The molecule has 7 heteroatoms. The zero-order chi connectivity index (χ0) is 15.0. The van der Waals surface area contributed by atoms with E-state index >= 15 is 0 Å². The second-order valence-corrected chi connectivity index (χ2v) is 8.19. The minimum Gasteiger partial charge on any atom is -0.321 e. The van der Waals surface area contributed by atoms with Gasteiger partial charge in [-0.05, 0) is 59.7 Å². The fourth-order valence-electron chi connectivity index (χ4n) is 2.82. The zero-order valence-corrected chi connectivity index (χ0v) is 14.0. The van der Waals surface area contributed by atoms with E-state index in [1.54, 1.807) is 6.21 Å². The van der Waals surface area contributed by atoms with Crippen LogP contribution in [0.25, 0.3) is 0 Å². The molecule has 2 heterocycles. The molecule has 1 N–H and O–H groups in total. The quantitative estimate of drug-likeness (QED) is 0.641. The number of carbonyl (C=O) groups is 2. The normalized spacial score (nSPS) is 29.6. The molecule has 112 valence electrons. The van der Waals surface area contributed by atoms with Crippen LogP contribution in [0, 0.1) is 5.92 Å². The van der Waals surface area contributed by atoms with Crippen molar-refractivity contribution < 1.29 is 9.59 Å². The molecule has 1 saturated heterocycles. The average molecular weight is 370 g/mol. The van der Waals surface area contributed by atoms with Crippen molar-refractivity contribution in [1.29, 1.82) is 0 Å². The maximum absolute atomic E-state index is 12.5. The molecule has 1 aromatic heterocycles. The first kappa shape index (κ1) is 14.7. The van der Waals surface area contributed by atoms with Crippen LogP contribution < -0.4 is 5.32 Å². The number of nitrogens with zero attached hydrogens (tertiary/aromatic N) is 2. The summed E-state index contributed by atoms with van der Waals surface area (Å²) in [5, 5.41) is 7.90. The van der Waals surface area contributed by atoms with E-state index in [1.165, 1.54) is 11.3 Å². The van der Waals surface area contributed by atoms with Gasteiger partial charge in [0.2, 0.25) is 0 Å². The van der Waals surface area contributed by atoms with Crippen molar-refractivity contribution in [1.82, 2.24) is 10.3 Å². The summed E-state index contributed by atoms with van der Waals surface area (Å²) in [6.45, 7) is 2.18. The van der Waals surface area contributed by atoms with Crippen LogP contribution in [0.4, 0.5) is 4.79 Å². The van der Waals surface area contributed by atoms with Gasteiger partial charge in [0.1, 0.15) is 5.54 Å². The first-order valence-corrected chi connectivity index (χ1v) is 8.57. The molecule has 1 saturated carbocycles. The third-order valence-electron chi connectivity index (χ3n) is 4.16. The van der Waals surface area contributed by atoms with Gasteiger partial charge in [-0.2, -0.15) is 5.10 Å². The summed E-state index contributed by atoms with van der Waals surface area (Å²) in [5.41, 5.74) is -0.725. The number of rotatable bonds is 2. The van der Waals surface area contributed by atoms with Gasteiger partial charge in [0.05, 0.1) is 10.0 Å². The van der Waals surface area contributed by atoms with Gasteiger partial charge in [-0.25, -0.2) is 4.79 Å². The summed E-state index contributed by atoms with van der Waals surface area (Å²) in [5.74, 6) is 0.396. The molecule has 1 aliphatic carbocycles. The Morgan fingerprint density at radius 1 is 1.43 bits per heavy atom. The molecule has 0 radical (unpaired) electrons. The number of amides is 3. The number of carbonyl (C=O) groups excluding carboxylic acids is 2. The van der Waals surface area contributed by atoms with Crippen LogP contribution >= 0.6 is 27.3 Å². The Morgan fingerprint density at radius 2 is 2.14 bits per heavy atom. The van der Waals surface area contributed by atoms with Crippen molar-refractivity contribution in [2.24, 2.45) is 11.0 Å². The Morgan fingerprint density at radius 3 is 2.76 bits per heavy atom. The molecule has 3 rings (SSSR count). The zero-order valence-electron chi connectivity index (χ0n) is 11.6. The highest BCUT2D eigenvalue weighted by molar-refractivity contribution is 9.11. The second kappa shape index (κ2) is 5.53. The fourth-order valence-corrected chi connectivity index (χ4v) is 4.11. The standard InChI is InChI=1S/C14H16BrN3O2S/c1-9-4-6-14(7-5-9)12(19)18(13(20)17-14)16-8-10-2-3-11(15)21-10/h2-3,8-9H,4-7H2,1H3,(H,17,20)/b16-8+. The van der Waals surface area contributed by atoms with Crippen LogP contribution in [-0.2, 0) is 4.79 Å². The maximum atomic E-state index is 12.5. The number of nitrogens with one attached hydrogen (secondary N) is 1. The lowest BCUT2D eigenvalue weighted by Crippen LogP contribution is -2.49. The molecular formula is C14H16BrN3O2S. The Kier molecular flexibility index (Phi) is 3.88. The smallest absolute Gasteiger partial charge is 0.321 e. The van der Waals surface area contributed by atoms with Crippen LogP contribution in [0.3, 0.4) is 0 Å². The van der Waals surface area contributed by atoms with Gasteiger partial charge in [-0.3, -0.25) is 4.79 Å². The predicted octanol–water partition coefficient (Wildman–Crippen LogP) is 3.35. The third kappa shape index (κ3) is 2.76. The summed E-state index contributed by atoms with van der Waals surface area (Å²) < 4.78 is 0.985. The van der Waals surface area contributed by atoms with E-state index in [9.17, 15) is 9.59 Å². The first-order valence-electron chi connectivity index (χ1n) is 6.96. The maximum Gasteiger partial charge on any atom is 0.346 e. The molecule has 21 heavy (non-hydrogen) atoms. The van der Waals surface area contributed by atoms with Crippen LogP contribution in [0.2, 0.25) is 0 Å². The van der Waals surface area contributed by atoms with Gasteiger partial charge < -0.3 is 5.32 Å². The number of thiophene rings is 1. The van der Waals surface area contributed by atoms with Gasteiger partial charge in [-0.1, -0.05) is 6.92 Å². The summed E-state index contributed by atoms with van der Waals surface area (Å²) >= 11 is 4.87. The van der Waals surface area contributed by atoms with Crippen molar-refractivity contribution in [3.05, 3.63) is 20.8 Å². The Labute approximate surface area is 135 Å². The number of hydrazone groups is 1. The fraction of sp³-hybridized carbons (Fsp3) is 0.500. The Hall–Kier alpha value is -1.21. The second-order valence-electron chi connectivity index (χ2n) is 5.70. The predicted molar refractivity (Wildman–Crippen MR) is 85.4 cm³/mol.